The highest BCUT2D eigenvalue weighted by Crippen LogP contribution is 2.33. The van der Waals surface area contributed by atoms with Gasteiger partial charge in [-0.3, -0.25) is 4.79 Å². The highest BCUT2D eigenvalue weighted by molar-refractivity contribution is 6.06. The minimum Gasteiger partial charge on any atom is -0.459 e. The maximum absolute atomic E-state index is 13.2. The first-order valence-corrected chi connectivity index (χ1v) is 9.74. The molecule has 0 aliphatic carbocycles. The largest absolute Gasteiger partial charge is 0.459 e. The van der Waals surface area contributed by atoms with Gasteiger partial charge in [0.1, 0.15) is 23.4 Å². The Morgan fingerprint density at radius 1 is 1.06 bits per heavy atom. The number of hydrogen-bond donors (Lipinski definition) is 3. The lowest BCUT2D eigenvalue weighted by atomic mass is 9.99. The maximum atomic E-state index is 13.2. The summed E-state index contributed by atoms with van der Waals surface area (Å²) in [6.07, 6.45) is -4.57. The monoisotopic (exact) mass is 459 g/mol. The second-order valence-corrected chi connectivity index (χ2v) is 7.31. The zero-order valence-electron chi connectivity index (χ0n) is 17.1. The third-order valence-corrected chi connectivity index (χ3v) is 5.00. The number of amides is 3. The Hall–Kier alpha value is -4.08. The molecule has 4 rings (SSSR count). The van der Waals surface area contributed by atoms with Gasteiger partial charge in [-0.15, -0.1) is 0 Å². The third-order valence-electron chi connectivity index (χ3n) is 5.00. The van der Waals surface area contributed by atoms with Crippen LogP contribution >= 0.6 is 0 Å². The quantitative estimate of drug-likeness (QED) is 0.459. The van der Waals surface area contributed by atoms with Crippen LogP contribution in [-0.2, 0) is 11.0 Å². The number of nitrogens with one attached hydrogen (secondary N) is 3. The van der Waals surface area contributed by atoms with E-state index in [0.29, 0.717) is 11.3 Å². The van der Waals surface area contributed by atoms with E-state index in [1.54, 1.807) is 12.1 Å². The van der Waals surface area contributed by atoms with Gasteiger partial charge in [0, 0.05) is 16.9 Å². The van der Waals surface area contributed by atoms with Gasteiger partial charge in [-0.1, -0.05) is 6.07 Å². The lowest BCUT2D eigenvalue weighted by molar-refractivity contribution is -0.137. The number of halogens is 4. The van der Waals surface area contributed by atoms with Crippen molar-refractivity contribution >= 4 is 17.6 Å². The second-order valence-electron chi connectivity index (χ2n) is 7.31. The molecule has 0 bridgehead atoms. The summed E-state index contributed by atoms with van der Waals surface area (Å²) in [6.45, 7) is 1.50. The van der Waals surface area contributed by atoms with E-state index in [2.05, 4.69) is 16.0 Å². The van der Waals surface area contributed by atoms with Crippen LogP contribution in [0.3, 0.4) is 0 Å². The van der Waals surface area contributed by atoms with Crippen LogP contribution in [0.25, 0.3) is 11.3 Å². The van der Waals surface area contributed by atoms with Crippen LogP contribution < -0.4 is 16.0 Å². The molecule has 10 heteroatoms. The summed E-state index contributed by atoms with van der Waals surface area (Å²) in [5.74, 6) is -0.530. The van der Waals surface area contributed by atoms with E-state index < -0.39 is 35.5 Å². The molecule has 1 aliphatic heterocycles. The molecule has 33 heavy (non-hydrogen) atoms. The molecule has 0 spiro atoms. The summed E-state index contributed by atoms with van der Waals surface area (Å²) in [6, 6.07) is 11.4. The Balaban J connectivity index is 1.64. The topological polar surface area (TPSA) is 83.4 Å². The van der Waals surface area contributed by atoms with Crippen LogP contribution in [0.4, 0.5) is 28.0 Å². The summed E-state index contributed by atoms with van der Waals surface area (Å²) < 4.78 is 58.0. The number of rotatable bonds is 4. The van der Waals surface area contributed by atoms with Crippen LogP contribution in [0.15, 0.2) is 76.4 Å². The molecule has 170 valence electrons. The van der Waals surface area contributed by atoms with Crippen molar-refractivity contribution in [2.45, 2.75) is 19.1 Å². The minimum atomic E-state index is -4.57. The summed E-state index contributed by atoms with van der Waals surface area (Å²) in [5.41, 5.74) is -0.108. The molecule has 1 unspecified atom stereocenters. The Labute approximate surface area is 185 Å². The van der Waals surface area contributed by atoms with Gasteiger partial charge >= 0.3 is 12.2 Å². The maximum Gasteiger partial charge on any atom is 0.416 e. The van der Waals surface area contributed by atoms with Gasteiger partial charge in [0.15, 0.2) is 0 Å². The summed E-state index contributed by atoms with van der Waals surface area (Å²) in [5, 5.41) is 7.51. The van der Waals surface area contributed by atoms with E-state index in [9.17, 15) is 27.2 Å². The summed E-state index contributed by atoms with van der Waals surface area (Å²) in [7, 11) is 0. The predicted molar refractivity (Wildman–Crippen MR) is 111 cm³/mol. The number of carbonyl (C=O) groups excluding carboxylic acids is 2. The molecule has 6 nitrogen and oxygen atoms in total. The fourth-order valence-electron chi connectivity index (χ4n) is 3.46. The van der Waals surface area contributed by atoms with Crippen molar-refractivity contribution in [3.8, 4) is 11.3 Å². The molecule has 2 heterocycles. The van der Waals surface area contributed by atoms with Crippen molar-refractivity contribution in [2.75, 3.05) is 5.32 Å². The molecule has 0 radical (unpaired) electrons. The number of urea groups is 1. The van der Waals surface area contributed by atoms with Crippen LogP contribution in [-0.4, -0.2) is 11.9 Å². The van der Waals surface area contributed by atoms with E-state index in [1.807, 2.05) is 0 Å². The van der Waals surface area contributed by atoms with Gasteiger partial charge < -0.3 is 20.4 Å². The minimum absolute atomic E-state index is 0.0581. The van der Waals surface area contributed by atoms with Crippen molar-refractivity contribution in [3.63, 3.8) is 0 Å². The molecule has 1 aromatic heterocycles. The molecule has 0 saturated carbocycles. The lowest BCUT2D eigenvalue weighted by Crippen LogP contribution is -2.45. The molecule has 1 aliphatic rings. The molecule has 0 fully saturated rings. The number of allylic oxidation sites excluding steroid dienone is 1. The number of hydrogen-bond acceptors (Lipinski definition) is 3. The highest BCUT2D eigenvalue weighted by atomic mass is 19.4. The van der Waals surface area contributed by atoms with Gasteiger partial charge in [-0.2, -0.15) is 13.2 Å². The molecule has 1 atom stereocenters. The van der Waals surface area contributed by atoms with Crippen molar-refractivity contribution in [2.24, 2.45) is 0 Å². The zero-order chi connectivity index (χ0) is 23.8. The highest BCUT2D eigenvalue weighted by Gasteiger charge is 2.34. The number of alkyl halides is 3. The molecular formula is C23H17F4N3O3. The normalized spacial score (nSPS) is 16.3. The van der Waals surface area contributed by atoms with E-state index in [4.69, 9.17) is 4.42 Å². The van der Waals surface area contributed by atoms with Crippen molar-refractivity contribution < 1.29 is 31.6 Å². The van der Waals surface area contributed by atoms with E-state index in [-0.39, 0.29) is 22.7 Å². The molecular weight excluding hydrogens is 442 g/mol. The first kappa shape index (κ1) is 22.1. The summed E-state index contributed by atoms with van der Waals surface area (Å²) in [4.78, 5) is 25.1. The van der Waals surface area contributed by atoms with Crippen molar-refractivity contribution in [3.05, 3.63) is 89.1 Å². The predicted octanol–water partition coefficient (Wildman–Crippen LogP) is 5.37. The van der Waals surface area contributed by atoms with Crippen molar-refractivity contribution in [1.82, 2.24) is 10.6 Å². The first-order valence-electron chi connectivity index (χ1n) is 9.74. The fraction of sp³-hybridized carbons (Fsp3) is 0.130. The average Bonchev–Trinajstić information content (AvgIpc) is 3.23. The Bertz CT molecular complexity index is 1250. The van der Waals surface area contributed by atoms with Gasteiger partial charge in [-0.25, -0.2) is 9.18 Å². The standard InChI is InChI=1S/C23H17F4N3O3/c1-12-19(21(31)29-16-4-2-3-14(11-16)23(25,26)27)20(30-22(32)28-12)18-10-9-17(33-18)13-5-7-15(24)8-6-13/h2-11,20H,1H3,(H,29,31)(H2,28,30,32). The molecule has 3 aromatic rings. The van der Waals surface area contributed by atoms with Crippen LogP contribution in [0, 0.1) is 5.82 Å². The smallest absolute Gasteiger partial charge is 0.416 e. The number of furan rings is 1. The van der Waals surface area contributed by atoms with E-state index >= 15 is 0 Å². The number of anilines is 1. The van der Waals surface area contributed by atoms with Gasteiger partial charge in [0.05, 0.1) is 11.1 Å². The molecule has 3 amide bonds. The van der Waals surface area contributed by atoms with Gasteiger partial charge in [-0.05, 0) is 61.5 Å². The SMILES string of the molecule is CC1=C(C(=O)Nc2cccc(C(F)(F)F)c2)C(c2ccc(-c3ccc(F)cc3)o2)NC(=O)N1. The van der Waals surface area contributed by atoms with E-state index in [1.165, 1.54) is 43.3 Å². The van der Waals surface area contributed by atoms with Crippen molar-refractivity contribution in [1.29, 1.82) is 0 Å². The van der Waals surface area contributed by atoms with Crippen LogP contribution in [0.2, 0.25) is 0 Å². The first-order chi connectivity index (χ1) is 15.6. The lowest BCUT2D eigenvalue weighted by Gasteiger charge is -2.27. The Morgan fingerprint density at radius 2 is 1.79 bits per heavy atom. The van der Waals surface area contributed by atoms with E-state index in [0.717, 1.165) is 12.1 Å². The molecule has 2 aromatic carbocycles. The zero-order valence-corrected chi connectivity index (χ0v) is 17.1. The second kappa shape index (κ2) is 8.45. The summed E-state index contributed by atoms with van der Waals surface area (Å²) >= 11 is 0. The van der Waals surface area contributed by atoms with Crippen LogP contribution in [0.5, 0.6) is 0 Å². The average molecular weight is 459 g/mol. The van der Waals surface area contributed by atoms with Gasteiger partial charge in [0.2, 0.25) is 0 Å². The Kier molecular flexibility index (Phi) is 5.67. The molecule has 0 saturated heterocycles. The molecule has 3 N–H and O–H groups in total. The third kappa shape index (κ3) is 4.74. The Morgan fingerprint density at radius 3 is 2.48 bits per heavy atom. The fourth-order valence-corrected chi connectivity index (χ4v) is 3.46. The number of benzene rings is 2. The van der Waals surface area contributed by atoms with Crippen LogP contribution in [0.1, 0.15) is 24.3 Å². The van der Waals surface area contributed by atoms with Gasteiger partial charge in [0.25, 0.3) is 5.91 Å². The number of carbonyl (C=O) groups is 2.